The summed E-state index contributed by atoms with van der Waals surface area (Å²) in [6.07, 6.45) is 10.1. The molecule has 0 atom stereocenters. The average Bonchev–Trinajstić information content (AvgIpc) is 2.80. The molecule has 0 spiro atoms. The maximum Gasteiger partial charge on any atom is 0.137 e. The first-order valence-corrected chi connectivity index (χ1v) is 7.99. The number of pyridine rings is 1. The van der Waals surface area contributed by atoms with Crippen molar-refractivity contribution >= 4 is 5.65 Å². The SMILES string of the molecule is N#Cc1ccc2ncc(CNCC3(O)CCCCCC3)n2c1. The smallest absolute Gasteiger partial charge is 0.137 e. The normalized spacial score (nSPS) is 18.0. The zero-order valence-electron chi connectivity index (χ0n) is 12.8. The molecule has 0 unspecified atom stereocenters. The number of aromatic nitrogens is 2. The monoisotopic (exact) mass is 298 g/mol. The Hall–Kier alpha value is -1.90. The highest BCUT2D eigenvalue weighted by molar-refractivity contribution is 5.44. The van der Waals surface area contributed by atoms with Crippen LogP contribution in [0.15, 0.2) is 24.5 Å². The summed E-state index contributed by atoms with van der Waals surface area (Å²) in [7, 11) is 0. The van der Waals surface area contributed by atoms with Gasteiger partial charge >= 0.3 is 0 Å². The van der Waals surface area contributed by atoms with Crippen LogP contribution in [0.1, 0.15) is 49.8 Å². The van der Waals surface area contributed by atoms with Crippen molar-refractivity contribution in [1.29, 1.82) is 5.26 Å². The highest BCUT2D eigenvalue weighted by atomic mass is 16.3. The Balaban J connectivity index is 1.65. The molecule has 116 valence electrons. The summed E-state index contributed by atoms with van der Waals surface area (Å²) in [4.78, 5) is 4.34. The molecule has 3 rings (SSSR count). The molecular formula is C17H22N4O. The number of nitrogens with zero attached hydrogens (tertiary/aromatic N) is 3. The molecule has 2 heterocycles. The quantitative estimate of drug-likeness (QED) is 0.850. The van der Waals surface area contributed by atoms with Gasteiger partial charge in [0.15, 0.2) is 0 Å². The van der Waals surface area contributed by atoms with Crippen molar-refractivity contribution in [2.75, 3.05) is 6.54 Å². The molecule has 2 aromatic heterocycles. The largest absolute Gasteiger partial charge is 0.389 e. The van der Waals surface area contributed by atoms with E-state index in [1.54, 1.807) is 12.3 Å². The molecule has 0 bridgehead atoms. The lowest BCUT2D eigenvalue weighted by atomic mass is 9.94. The Morgan fingerprint density at radius 1 is 1.27 bits per heavy atom. The number of fused-ring (bicyclic) bond motifs is 1. The number of hydrogen-bond donors (Lipinski definition) is 2. The van der Waals surface area contributed by atoms with Crippen LogP contribution in [-0.4, -0.2) is 26.6 Å². The molecule has 0 saturated heterocycles. The second-order valence-corrected chi connectivity index (χ2v) is 6.25. The third-order valence-corrected chi connectivity index (χ3v) is 4.51. The fourth-order valence-corrected chi connectivity index (χ4v) is 3.21. The first kappa shape index (κ1) is 15.0. The molecule has 1 saturated carbocycles. The van der Waals surface area contributed by atoms with Gasteiger partial charge in [-0.2, -0.15) is 5.26 Å². The van der Waals surface area contributed by atoms with Gasteiger partial charge in [0.1, 0.15) is 11.7 Å². The van der Waals surface area contributed by atoms with E-state index in [1.807, 2.05) is 16.7 Å². The molecule has 22 heavy (non-hydrogen) atoms. The fraction of sp³-hybridized carbons (Fsp3) is 0.529. The van der Waals surface area contributed by atoms with Gasteiger partial charge < -0.3 is 14.8 Å². The lowest BCUT2D eigenvalue weighted by Gasteiger charge is -2.26. The minimum Gasteiger partial charge on any atom is -0.389 e. The van der Waals surface area contributed by atoms with Crippen molar-refractivity contribution in [3.63, 3.8) is 0 Å². The first-order valence-electron chi connectivity index (χ1n) is 7.99. The number of aliphatic hydroxyl groups is 1. The van der Waals surface area contributed by atoms with Crippen LogP contribution >= 0.6 is 0 Å². The second-order valence-electron chi connectivity index (χ2n) is 6.25. The summed E-state index contributed by atoms with van der Waals surface area (Å²) in [6.45, 7) is 1.25. The minimum atomic E-state index is -0.575. The van der Waals surface area contributed by atoms with Gasteiger partial charge in [-0.3, -0.25) is 0 Å². The highest BCUT2D eigenvalue weighted by Gasteiger charge is 2.27. The molecule has 2 N–H and O–H groups in total. The minimum absolute atomic E-state index is 0.575. The van der Waals surface area contributed by atoms with E-state index in [2.05, 4.69) is 16.4 Å². The second kappa shape index (κ2) is 6.47. The van der Waals surface area contributed by atoms with E-state index in [9.17, 15) is 5.11 Å². The van der Waals surface area contributed by atoms with E-state index >= 15 is 0 Å². The van der Waals surface area contributed by atoms with Crippen LogP contribution in [-0.2, 0) is 6.54 Å². The van der Waals surface area contributed by atoms with E-state index in [4.69, 9.17) is 5.26 Å². The van der Waals surface area contributed by atoms with Crippen LogP contribution in [0.4, 0.5) is 0 Å². The van der Waals surface area contributed by atoms with Crippen LogP contribution in [0.2, 0.25) is 0 Å². The Labute approximate surface area is 130 Å². The van der Waals surface area contributed by atoms with Gasteiger partial charge in [-0.05, 0) is 25.0 Å². The number of rotatable bonds is 4. The van der Waals surface area contributed by atoms with E-state index < -0.39 is 5.60 Å². The van der Waals surface area contributed by atoms with Gasteiger partial charge in [-0.25, -0.2) is 4.98 Å². The predicted molar refractivity (Wildman–Crippen MR) is 84.3 cm³/mol. The Morgan fingerprint density at radius 3 is 2.77 bits per heavy atom. The molecular weight excluding hydrogens is 276 g/mol. The third kappa shape index (κ3) is 3.29. The van der Waals surface area contributed by atoms with Crippen LogP contribution < -0.4 is 5.32 Å². The first-order chi connectivity index (χ1) is 10.7. The fourth-order valence-electron chi connectivity index (χ4n) is 3.21. The number of nitriles is 1. The van der Waals surface area contributed by atoms with Crippen LogP contribution in [0.3, 0.4) is 0 Å². The number of imidazole rings is 1. The molecule has 5 heteroatoms. The third-order valence-electron chi connectivity index (χ3n) is 4.51. The zero-order chi connectivity index (χ0) is 15.4. The molecule has 0 aliphatic heterocycles. The van der Waals surface area contributed by atoms with E-state index in [0.717, 1.165) is 37.0 Å². The molecule has 1 aliphatic rings. The van der Waals surface area contributed by atoms with Crippen molar-refractivity contribution in [3.05, 3.63) is 35.8 Å². The van der Waals surface area contributed by atoms with Gasteiger partial charge in [0.2, 0.25) is 0 Å². The summed E-state index contributed by atoms with van der Waals surface area (Å²) >= 11 is 0. The zero-order valence-corrected chi connectivity index (χ0v) is 12.8. The maximum atomic E-state index is 10.6. The predicted octanol–water partition coefficient (Wildman–Crippen LogP) is 2.38. The van der Waals surface area contributed by atoms with Gasteiger partial charge in [-0.1, -0.05) is 25.7 Å². The summed E-state index contributed by atoms with van der Waals surface area (Å²) in [5.41, 5.74) is 1.89. The molecule has 0 aromatic carbocycles. The van der Waals surface area contributed by atoms with Crippen molar-refractivity contribution in [2.24, 2.45) is 0 Å². The van der Waals surface area contributed by atoms with Crippen molar-refractivity contribution in [2.45, 2.75) is 50.7 Å². The molecule has 5 nitrogen and oxygen atoms in total. The van der Waals surface area contributed by atoms with Gasteiger partial charge in [0.05, 0.1) is 23.1 Å². The lowest BCUT2D eigenvalue weighted by Crippen LogP contribution is -2.40. The Bertz CT molecular complexity index is 678. The van der Waals surface area contributed by atoms with Gasteiger partial charge in [0.25, 0.3) is 0 Å². The van der Waals surface area contributed by atoms with E-state index in [1.165, 1.54) is 12.8 Å². The molecule has 1 fully saturated rings. The van der Waals surface area contributed by atoms with Crippen molar-refractivity contribution in [1.82, 2.24) is 14.7 Å². The summed E-state index contributed by atoms with van der Waals surface area (Å²) < 4.78 is 1.93. The summed E-state index contributed by atoms with van der Waals surface area (Å²) in [5, 5.41) is 23.0. The van der Waals surface area contributed by atoms with Crippen LogP contribution in [0.25, 0.3) is 5.65 Å². The van der Waals surface area contributed by atoms with Crippen molar-refractivity contribution < 1.29 is 5.11 Å². The van der Waals surface area contributed by atoms with Crippen LogP contribution in [0, 0.1) is 11.3 Å². The Kier molecular flexibility index (Phi) is 4.41. The molecule has 2 aromatic rings. The van der Waals surface area contributed by atoms with E-state index in [-0.39, 0.29) is 0 Å². The summed E-state index contributed by atoms with van der Waals surface area (Å²) in [6, 6.07) is 5.77. The maximum absolute atomic E-state index is 10.6. The van der Waals surface area contributed by atoms with E-state index in [0.29, 0.717) is 18.7 Å². The lowest BCUT2D eigenvalue weighted by molar-refractivity contribution is 0.0249. The van der Waals surface area contributed by atoms with Gasteiger partial charge in [0, 0.05) is 19.3 Å². The average molecular weight is 298 g/mol. The number of nitrogens with one attached hydrogen (secondary N) is 1. The van der Waals surface area contributed by atoms with Crippen molar-refractivity contribution in [3.8, 4) is 6.07 Å². The Morgan fingerprint density at radius 2 is 2.05 bits per heavy atom. The molecule has 0 radical (unpaired) electrons. The molecule has 0 amide bonds. The topological polar surface area (TPSA) is 73.3 Å². The summed E-state index contributed by atoms with van der Waals surface area (Å²) in [5.74, 6) is 0. The van der Waals surface area contributed by atoms with Crippen LogP contribution in [0.5, 0.6) is 0 Å². The van der Waals surface area contributed by atoms with Gasteiger partial charge in [-0.15, -0.1) is 0 Å². The molecule has 1 aliphatic carbocycles. The highest BCUT2D eigenvalue weighted by Crippen LogP contribution is 2.26. The number of hydrogen-bond acceptors (Lipinski definition) is 4. The standard InChI is InChI=1S/C17H22N4O/c18-9-14-5-6-16-20-11-15(21(16)12-14)10-19-13-17(22)7-3-1-2-4-8-17/h5-6,11-12,19,22H,1-4,7-8,10,13H2.